The van der Waals surface area contributed by atoms with Crippen LogP contribution in [0.3, 0.4) is 0 Å². The molecule has 37 heavy (non-hydrogen) atoms. The van der Waals surface area contributed by atoms with Crippen molar-refractivity contribution in [1.29, 1.82) is 0 Å². The minimum atomic E-state index is -1.02. The number of rotatable bonds is 3. The van der Waals surface area contributed by atoms with E-state index < -0.39 is 12.0 Å². The van der Waals surface area contributed by atoms with E-state index in [1.54, 1.807) is 12.1 Å². The third kappa shape index (κ3) is 6.19. The maximum Gasteiger partial charge on any atom is 0.320 e. The van der Waals surface area contributed by atoms with Gasteiger partial charge in [0.05, 0.1) is 22.8 Å². The quantitative estimate of drug-likeness (QED) is 0.236. The van der Waals surface area contributed by atoms with E-state index in [4.69, 9.17) is 15.9 Å². The van der Waals surface area contributed by atoms with Crippen molar-refractivity contribution < 1.29 is 15.0 Å². The van der Waals surface area contributed by atoms with Crippen molar-refractivity contribution >= 4 is 52.3 Å². The average molecular weight is 492 g/mol. The van der Waals surface area contributed by atoms with E-state index >= 15 is 0 Å². The lowest BCUT2D eigenvalue weighted by molar-refractivity contribution is -0.138. The Labute approximate surface area is 212 Å². The third-order valence-electron chi connectivity index (χ3n) is 5.75. The number of aliphatic carboxylic acids is 1. The van der Waals surface area contributed by atoms with Crippen LogP contribution in [-0.2, 0) is 11.2 Å². The van der Waals surface area contributed by atoms with Crippen LogP contribution >= 0.6 is 0 Å². The molecule has 1 unspecified atom stereocenters. The van der Waals surface area contributed by atoms with Gasteiger partial charge in [0.15, 0.2) is 0 Å². The van der Waals surface area contributed by atoms with Crippen molar-refractivity contribution in [3.8, 4) is 5.75 Å². The van der Waals surface area contributed by atoms with Gasteiger partial charge >= 0.3 is 5.97 Å². The number of nitrogens with zero attached hydrogens (tertiary/aromatic N) is 2. The first-order valence-electron chi connectivity index (χ1n) is 11.7. The predicted octanol–water partition coefficient (Wildman–Crippen LogP) is 5.00. The standard InChI is InChI=1S/C20H14N4.C9H11NO3/c1-2-14-10-16-5-6-18(23-16)12-20-8-7-19(24-20)11-17-4-3-15(22-17)9-13(1)21-14;10-8(9(12)13)5-6-1-3-7(11)4-2-6/h1-12,21-22H;1-4,8,11H,5,10H2,(H,12,13). The van der Waals surface area contributed by atoms with E-state index in [0.717, 1.165) is 50.4 Å². The van der Waals surface area contributed by atoms with E-state index in [1.807, 2.05) is 42.5 Å². The number of hydrogen-bond donors (Lipinski definition) is 5. The summed E-state index contributed by atoms with van der Waals surface area (Å²) in [6, 6.07) is 21.8. The Morgan fingerprint density at radius 3 is 1.59 bits per heavy atom. The smallest absolute Gasteiger partial charge is 0.320 e. The van der Waals surface area contributed by atoms with Crippen molar-refractivity contribution in [2.75, 3.05) is 0 Å². The van der Waals surface area contributed by atoms with Crippen molar-refractivity contribution in [2.45, 2.75) is 12.5 Å². The molecular formula is C29H25N5O3. The molecule has 5 heterocycles. The number of nitrogens with two attached hydrogens (primary N) is 1. The molecule has 0 saturated heterocycles. The lowest BCUT2D eigenvalue weighted by Gasteiger charge is -2.05. The van der Waals surface area contributed by atoms with E-state index in [1.165, 1.54) is 12.1 Å². The molecule has 8 bridgehead atoms. The van der Waals surface area contributed by atoms with Gasteiger partial charge in [-0.1, -0.05) is 12.1 Å². The Balaban J connectivity index is 0.000000184. The lowest BCUT2D eigenvalue weighted by Crippen LogP contribution is -2.32. The van der Waals surface area contributed by atoms with Gasteiger partial charge in [0.1, 0.15) is 11.8 Å². The topological polar surface area (TPSA) is 141 Å². The Hall–Kier alpha value is -4.95. The normalized spacial score (nSPS) is 12.6. The second-order valence-corrected chi connectivity index (χ2v) is 8.72. The molecule has 8 nitrogen and oxygen atoms in total. The zero-order chi connectivity index (χ0) is 25.8. The van der Waals surface area contributed by atoms with Crippen LogP contribution in [0.15, 0.2) is 72.8 Å². The Morgan fingerprint density at radius 2 is 1.14 bits per heavy atom. The number of aromatic nitrogens is 4. The van der Waals surface area contributed by atoms with Crippen LogP contribution in [0.4, 0.5) is 0 Å². The number of benzene rings is 1. The molecule has 1 atom stereocenters. The first-order chi connectivity index (χ1) is 17.9. The second-order valence-electron chi connectivity index (χ2n) is 8.72. The van der Waals surface area contributed by atoms with Gasteiger partial charge < -0.3 is 25.9 Å². The summed E-state index contributed by atoms with van der Waals surface area (Å²) < 4.78 is 0. The van der Waals surface area contributed by atoms with Crippen molar-refractivity contribution in [1.82, 2.24) is 19.9 Å². The molecule has 6 N–H and O–H groups in total. The summed E-state index contributed by atoms with van der Waals surface area (Å²) in [6.07, 6.45) is 8.32. The number of hydrogen-bond acceptors (Lipinski definition) is 5. The first-order valence-corrected chi connectivity index (χ1v) is 11.7. The molecule has 8 heteroatoms. The summed E-state index contributed by atoms with van der Waals surface area (Å²) in [4.78, 5) is 26.4. The van der Waals surface area contributed by atoms with Gasteiger partial charge in [0.2, 0.25) is 0 Å². The van der Waals surface area contributed by atoms with Crippen LogP contribution < -0.4 is 5.73 Å². The molecule has 6 rings (SSSR count). The summed E-state index contributed by atoms with van der Waals surface area (Å²) >= 11 is 0. The van der Waals surface area contributed by atoms with E-state index in [-0.39, 0.29) is 12.2 Å². The fourth-order valence-electron chi connectivity index (χ4n) is 3.92. The zero-order valence-corrected chi connectivity index (χ0v) is 19.8. The molecule has 1 aromatic carbocycles. The molecule has 0 radical (unpaired) electrons. The van der Waals surface area contributed by atoms with Gasteiger partial charge in [-0.25, -0.2) is 9.97 Å². The van der Waals surface area contributed by atoms with Crippen LogP contribution in [0.2, 0.25) is 0 Å². The number of carboxylic acid groups (broad SMARTS) is 1. The van der Waals surface area contributed by atoms with Gasteiger partial charge in [-0.05, 0) is 97.0 Å². The average Bonchev–Trinajstić information content (AvgIpc) is 3.67. The maximum atomic E-state index is 10.4. The van der Waals surface area contributed by atoms with Crippen LogP contribution in [-0.4, -0.2) is 42.2 Å². The van der Waals surface area contributed by atoms with Crippen LogP contribution in [0.25, 0.3) is 46.4 Å². The largest absolute Gasteiger partial charge is 0.508 e. The number of fused-ring (bicyclic) bond motifs is 8. The fraction of sp³-hybridized carbons (Fsp3) is 0.0690. The van der Waals surface area contributed by atoms with Crippen molar-refractivity contribution in [3.05, 3.63) is 101 Å². The molecular weight excluding hydrogens is 466 g/mol. The molecule has 2 aliphatic heterocycles. The highest BCUT2D eigenvalue weighted by molar-refractivity contribution is 5.77. The molecule has 0 amide bonds. The molecule has 2 aliphatic rings. The monoisotopic (exact) mass is 491 g/mol. The summed E-state index contributed by atoms with van der Waals surface area (Å²) in [5.74, 6) is -0.860. The van der Waals surface area contributed by atoms with E-state index in [2.05, 4.69) is 50.3 Å². The van der Waals surface area contributed by atoms with E-state index in [0.29, 0.717) is 0 Å². The molecule has 4 aromatic rings. The Bertz CT molecular complexity index is 1570. The third-order valence-corrected chi connectivity index (χ3v) is 5.75. The minimum absolute atomic E-state index is 0.160. The number of nitrogens with one attached hydrogen (secondary N) is 2. The molecule has 0 saturated carbocycles. The van der Waals surface area contributed by atoms with Crippen LogP contribution in [0.5, 0.6) is 5.75 Å². The highest BCUT2D eigenvalue weighted by Crippen LogP contribution is 2.17. The molecule has 184 valence electrons. The van der Waals surface area contributed by atoms with Gasteiger partial charge in [-0.2, -0.15) is 0 Å². The summed E-state index contributed by atoms with van der Waals surface area (Å²) in [5, 5.41) is 17.5. The van der Waals surface area contributed by atoms with Crippen LogP contribution in [0, 0.1) is 0 Å². The Morgan fingerprint density at radius 1 is 0.703 bits per heavy atom. The van der Waals surface area contributed by atoms with Gasteiger partial charge in [-0.3, -0.25) is 4.79 Å². The van der Waals surface area contributed by atoms with Gasteiger partial charge in [0.25, 0.3) is 0 Å². The summed E-state index contributed by atoms with van der Waals surface area (Å²) in [5.41, 5.74) is 14.0. The number of phenols is 1. The second kappa shape index (κ2) is 10.3. The van der Waals surface area contributed by atoms with Crippen molar-refractivity contribution in [3.63, 3.8) is 0 Å². The molecule has 0 spiro atoms. The number of phenolic OH excluding ortho intramolecular Hbond substituents is 1. The number of carbonyl (C=O) groups is 1. The van der Waals surface area contributed by atoms with Crippen molar-refractivity contribution in [2.24, 2.45) is 5.73 Å². The number of H-pyrrole nitrogens is 2. The fourth-order valence-corrected chi connectivity index (χ4v) is 3.92. The number of aromatic hydroxyl groups is 1. The predicted molar refractivity (Wildman–Crippen MR) is 146 cm³/mol. The van der Waals surface area contributed by atoms with Gasteiger partial charge in [-0.15, -0.1) is 0 Å². The summed E-state index contributed by atoms with van der Waals surface area (Å²) in [7, 11) is 0. The number of carboxylic acids is 1. The zero-order valence-electron chi connectivity index (χ0n) is 19.8. The minimum Gasteiger partial charge on any atom is -0.508 e. The highest BCUT2D eigenvalue weighted by atomic mass is 16.4. The van der Waals surface area contributed by atoms with E-state index in [9.17, 15) is 4.79 Å². The highest BCUT2D eigenvalue weighted by Gasteiger charge is 2.11. The number of aromatic amines is 2. The first kappa shape index (κ1) is 23.8. The Kier molecular flexibility index (Phi) is 6.65. The molecule has 0 fully saturated rings. The van der Waals surface area contributed by atoms with Gasteiger partial charge in [0, 0.05) is 22.1 Å². The SMILES string of the molecule is C1=Cc2cc3ccc(cc4ccc(cc5nc(cc1n2)C=C5)[nH]4)[nH]3.NC(Cc1ccc(O)cc1)C(=O)O. The maximum absolute atomic E-state index is 10.4. The lowest BCUT2D eigenvalue weighted by atomic mass is 10.1. The van der Waals surface area contributed by atoms with Crippen LogP contribution in [0.1, 0.15) is 28.3 Å². The molecule has 0 aliphatic carbocycles. The molecule has 3 aromatic heterocycles. The summed E-state index contributed by atoms with van der Waals surface area (Å²) in [6.45, 7) is 0.